The Morgan fingerprint density at radius 3 is 3.13 bits per heavy atom. The third kappa shape index (κ3) is 3.91. The Kier molecular flexibility index (Phi) is 4.95. The molecule has 0 aliphatic carbocycles. The molecule has 0 bridgehead atoms. The number of fused-ring (bicyclic) bond motifs is 1. The van der Waals surface area contributed by atoms with Crippen LogP contribution < -0.4 is 10.6 Å². The number of nitrogens with zero attached hydrogens (tertiary/aromatic N) is 4. The number of aromatic nitrogens is 3. The second kappa shape index (κ2) is 7.30. The number of guanidine groups is 1. The second-order valence-corrected chi connectivity index (χ2v) is 5.89. The van der Waals surface area contributed by atoms with E-state index in [0.29, 0.717) is 5.92 Å². The van der Waals surface area contributed by atoms with E-state index >= 15 is 0 Å². The molecule has 0 radical (unpaired) electrons. The zero-order valence-corrected chi connectivity index (χ0v) is 13.7. The minimum atomic E-state index is 0.570. The van der Waals surface area contributed by atoms with Crippen molar-refractivity contribution in [2.45, 2.75) is 32.7 Å². The molecule has 1 aliphatic rings. The highest BCUT2D eigenvalue weighted by Gasteiger charge is 2.21. The molecular weight excluding hydrogens is 292 g/mol. The van der Waals surface area contributed by atoms with Crippen molar-refractivity contribution in [3.63, 3.8) is 0 Å². The van der Waals surface area contributed by atoms with Gasteiger partial charge in [-0.25, -0.2) is 0 Å². The lowest BCUT2D eigenvalue weighted by molar-refractivity contribution is 0.358. The SMILES string of the molecule is CN=C(NCCc1ccco1)NCC1CCc2nnc(C)n2C1. The Morgan fingerprint density at radius 2 is 2.35 bits per heavy atom. The van der Waals surface area contributed by atoms with Crippen LogP contribution in [0.1, 0.15) is 23.8 Å². The summed E-state index contributed by atoms with van der Waals surface area (Å²) >= 11 is 0. The number of aliphatic imine (C=N–C) groups is 1. The molecule has 0 spiro atoms. The summed E-state index contributed by atoms with van der Waals surface area (Å²) < 4.78 is 7.55. The molecule has 1 aliphatic heterocycles. The largest absolute Gasteiger partial charge is 0.469 e. The van der Waals surface area contributed by atoms with Crippen molar-refractivity contribution < 1.29 is 4.42 Å². The van der Waals surface area contributed by atoms with Crippen LogP contribution in [0.2, 0.25) is 0 Å². The van der Waals surface area contributed by atoms with Crippen LogP contribution in [0.15, 0.2) is 27.8 Å². The summed E-state index contributed by atoms with van der Waals surface area (Å²) in [5.41, 5.74) is 0. The topological polar surface area (TPSA) is 80.3 Å². The predicted octanol–water partition coefficient (Wildman–Crippen LogP) is 1.15. The molecule has 7 nitrogen and oxygen atoms in total. The van der Waals surface area contributed by atoms with Crippen LogP contribution in [0.4, 0.5) is 0 Å². The normalized spacial score (nSPS) is 17.8. The highest BCUT2D eigenvalue weighted by molar-refractivity contribution is 5.79. The minimum Gasteiger partial charge on any atom is -0.469 e. The third-order valence-electron chi connectivity index (χ3n) is 4.26. The molecule has 3 heterocycles. The first-order valence-electron chi connectivity index (χ1n) is 8.12. The van der Waals surface area contributed by atoms with E-state index in [-0.39, 0.29) is 0 Å². The van der Waals surface area contributed by atoms with Crippen LogP contribution in [0.5, 0.6) is 0 Å². The molecular formula is C16H24N6O. The van der Waals surface area contributed by atoms with Crippen LogP contribution >= 0.6 is 0 Å². The summed E-state index contributed by atoms with van der Waals surface area (Å²) in [5.74, 6) is 4.50. The molecule has 124 valence electrons. The highest BCUT2D eigenvalue weighted by atomic mass is 16.3. The van der Waals surface area contributed by atoms with Gasteiger partial charge in [-0.05, 0) is 31.4 Å². The maximum Gasteiger partial charge on any atom is 0.191 e. The molecule has 0 fully saturated rings. The fourth-order valence-electron chi connectivity index (χ4n) is 2.92. The lowest BCUT2D eigenvalue weighted by atomic mass is 9.99. The van der Waals surface area contributed by atoms with Crippen LogP contribution in [0.25, 0.3) is 0 Å². The molecule has 0 amide bonds. The monoisotopic (exact) mass is 316 g/mol. The van der Waals surface area contributed by atoms with E-state index in [1.54, 1.807) is 13.3 Å². The van der Waals surface area contributed by atoms with Gasteiger partial charge in [0.2, 0.25) is 0 Å². The van der Waals surface area contributed by atoms with E-state index in [2.05, 4.69) is 30.4 Å². The van der Waals surface area contributed by atoms with E-state index in [9.17, 15) is 0 Å². The van der Waals surface area contributed by atoms with E-state index in [0.717, 1.165) is 62.3 Å². The first-order chi connectivity index (χ1) is 11.3. The van der Waals surface area contributed by atoms with Gasteiger partial charge in [0.25, 0.3) is 0 Å². The minimum absolute atomic E-state index is 0.570. The van der Waals surface area contributed by atoms with Crippen molar-refractivity contribution in [2.75, 3.05) is 20.1 Å². The van der Waals surface area contributed by atoms with Crippen molar-refractivity contribution in [3.8, 4) is 0 Å². The number of furan rings is 1. The summed E-state index contributed by atoms with van der Waals surface area (Å²) in [6, 6.07) is 3.89. The van der Waals surface area contributed by atoms with Crippen molar-refractivity contribution in [1.29, 1.82) is 0 Å². The number of nitrogens with one attached hydrogen (secondary N) is 2. The predicted molar refractivity (Wildman–Crippen MR) is 88.3 cm³/mol. The molecule has 2 aromatic heterocycles. The number of aryl methyl sites for hydroxylation is 2. The van der Waals surface area contributed by atoms with Gasteiger partial charge in [0.1, 0.15) is 17.4 Å². The van der Waals surface area contributed by atoms with Gasteiger partial charge in [-0.15, -0.1) is 10.2 Å². The summed E-state index contributed by atoms with van der Waals surface area (Å²) in [6.45, 7) is 4.69. The van der Waals surface area contributed by atoms with Gasteiger partial charge in [-0.1, -0.05) is 0 Å². The molecule has 1 unspecified atom stereocenters. The van der Waals surface area contributed by atoms with Gasteiger partial charge in [0.15, 0.2) is 5.96 Å². The molecule has 1 atom stereocenters. The molecule has 2 aromatic rings. The van der Waals surface area contributed by atoms with E-state index in [1.165, 1.54) is 0 Å². The Hall–Kier alpha value is -2.31. The third-order valence-corrected chi connectivity index (χ3v) is 4.26. The van der Waals surface area contributed by atoms with Crippen molar-refractivity contribution in [2.24, 2.45) is 10.9 Å². The van der Waals surface area contributed by atoms with Gasteiger partial charge >= 0.3 is 0 Å². The zero-order valence-electron chi connectivity index (χ0n) is 13.7. The van der Waals surface area contributed by atoms with Crippen LogP contribution in [0.3, 0.4) is 0 Å². The lowest BCUT2D eigenvalue weighted by Crippen LogP contribution is -2.42. The number of hydrogen-bond donors (Lipinski definition) is 2. The number of hydrogen-bond acceptors (Lipinski definition) is 4. The van der Waals surface area contributed by atoms with Crippen molar-refractivity contribution in [1.82, 2.24) is 25.4 Å². The van der Waals surface area contributed by atoms with Gasteiger partial charge in [-0.2, -0.15) is 0 Å². The highest BCUT2D eigenvalue weighted by Crippen LogP contribution is 2.19. The molecule has 3 rings (SSSR count). The molecule has 0 saturated heterocycles. The first-order valence-corrected chi connectivity index (χ1v) is 8.12. The van der Waals surface area contributed by atoms with Gasteiger partial charge in [-0.3, -0.25) is 4.99 Å². The fourth-order valence-corrected chi connectivity index (χ4v) is 2.92. The second-order valence-electron chi connectivity index (χ2n) is 5.89. The van der Waals surface area contributed by atoms with Gasteiger partial charge in [0.05, 0.1) is 6.26 Å². The molecule has 0 saturated carbocycles. The van der Waals surface area contributed by atoms with E-state index in [1.807, 2.05) is 19.1 Å². The zero-order chi connectivity index (χ0) is 16.1. The van der Waals surface area contributed by atoms with E-state index in [4.69, 9.17) is 4.42 Å². The molecule has 2 N–H and O–H groups in total. The Bertz CT molecular complexity index is 646. The summed E-state index contributed by atoms with van der Waals surface area (Å²) in [7, 11) is 1.80. The Balaban J connectivity index is 1.43. The quantitative estimate of drug-likeness (QED) is 0.639. The Labute approximate surface area is 136 Å². The van der Waals surface area contributed by atoms with E-state index < -0.39 is 0 Å². The first kappa shape index (κ1) is 15.6. The van der Waals surface area contributed by atoms with Crippen LogP contribution in [0, 0.1) is 12.8 Å². The van der Waals surface area contributed by atoms with Crippen LogP contribution in [-0.4, -0.2) is 40.9 Å². The lowest BCUT2D eigenvalue weighted by Gasteiger charge is -2.25. The smallest absolute Gasteiger partial charge is 0.191 e. The maximum atomic E-state index is 5.33. The Morgan fingerprint density at radius 1 is 1.43 bits per heavy atom. The van der Waals surface area contributed by atoms with Gasteiger partial charge in [0, 0.05) is 39.5 Å². The molecule has 0 aromatic carbocycles. The maximum absolute atomic E-state index is 5.33. The summed E-state index contributed by atoms with van der Waals surface area (Å²) in [4.78, 5) is 4.28. The van der Waals surface area contributed by atoms with Crippen molar-refractivity contribution in [3.05, 3.63) is 35.8 Å². The average Bonchev–Trinajstić information content (AvgIpc) is 3.21. The number of rotatable bonds is 5. The van der Waals surface area contributed by atoms with Crippen LogP contribution in [-0.2, 0) is 19.4 Å². The van der Waals surface area contributed by atoms with Crippen molar-refractivity contribution >= 4 is 5.96 Å². The average molecular weight is 316 g/mol. The van der Waals surface area contributed by atoms with Gasteiger partial charge < -0.3 is 19.6 Å². The fraction of sp³-hybridized carbons (Fsp3) is 0.562. The molecule has 7 heteroatoms. The standard InChI is InChI=1S/C16H24N6O/c1-12-20-21-15-6-5-13(11-22(12)15)10-19-16(17-2)18-8-7-14-4-3-9-23-14/h3-4,9,13H,5-8,10-11H2,1-2H3,(H2,17,18,19). The molecule has 23 heavy (non-hydrogen) atoms. The summed E-state index contributed by atoms with van der Waals surface area (Å²) in [5, 5.41) is 15.1. The summed E-state index contributed by atoms with van der Waals surface area (Å²) in [6.07, 6.45) is 4.68.